The van der Waals surface area contributed by atoms with Crippen LogP contribution in [0.25, 0.3) is 0 Å². The van der Waals surface area contributed by atoms with Crippen molar-refractivity contribution in [3.8, 4) is 0 Å². The van der Waals surface area contributed by atoms with Crippen LogP contribution >= 0.6 is 0 Å². The molecule has 0 bridgehead atoms. The van der Waals surface area contributed by atoms with Crippen LogP contribution in [0.15, 0.2) is 0 Å². The molecule has 0 heterocycles. The highest BCUT2D eigenvalue weighted by Gasteiger charge is 2.34. The van der Waals surface area contributed by atoms with Crippen molar-refractivity contribution < 1.29 is 14.7 Å². The summed E-state index contributed by atoms with van der Waals surface area (Å²) in [4.78, 5) is 24.6. The second-order valence-corrected chi connectivity index (χ2v) is 6.16. The molecule has 0 radical (unpaired) electrons. The highest BCUT2D eigenvalue weighted by molar-refractivity contribution is 5.74. The Morgan fingerprint density at radius 3 is 2.33 bits per heavy atom. The molecule has 0 saturated heterocycles. The van der Waals surface area contributed by atoms with Crippen LogP contribution in [0.5, 0.6) is 0 Å². The minimum atomic E-state index is -0.797. The van der Waals surface area contributed by atoms with E-state index in [4.69, 9.17) is 5.11 Å². The third-order valence-corrected chi connectivity index (χ3v) is 4.27. The van der Waals surface area contributed by atoms with Crippen LogP contribution in [0.4, 0.5) is 4.79 Å². The topological polar surface area (TPSA) is 81.7 Å². The predicted octanol–water partition coefficient (Wildman–Crippen LogP) is 1.66. The van der Waals surface area contributed by atoms with Crippen LogP contribution in [0.3, 0.4) is 0 Å². The van der Waals surface area contributed by atoms with Gasteiger partial charge in [0.1, 0.15) is 0 Å². The first-order chi connectivity index (χ1) is 9.87. The Balaban J connectivity index is 2.30. The number of carboxylic acid groups (broad SMARTS) is 1. The van der Waals surface area contributed by atoms with Gasteiger partial charge in [-0.1, -0.05) is 27.7 Å². The molecule has 6 nitrogen and oxygen atoms in total. The smallest absolute Gasteiger partial charge is 0.317 e. The molecular weight excluding hydrogens is 270 g/mol. The van der Waals surface area contributed by atoms with Crippen LogP contribution in [-0.4, -0.2) is 53.2 Å². The van der Waals surface area contributed by atoms with Gasteiger partial charge in [0.25, 0.3) is 0 Å². The molecule has 1 fully saturated rings. The second-order valence-electron chi connectivity index (χ2n) is 6.16. The number of aliphatic carboxylic acids is 1. The number of carbonyl (C=O) groups excluding carboxylic acids is 1. The zero-order valence-electron chi connectivity index (χ0n) is 13.6. The van der Waals surface area contributed by atoms with E-state index in [-0.39, 0.29) is 30.7 Å². The predicted molar refractivity (Wildman–Crippen MR) is 82.3 cm³/mol. The number of carboxylic acids is 1. The Bertz CT molecular complexity index is 354. The molecule has 0 aromatic heterocycles. The second kappa shape index (κ2) is 8.22. The lowest BCUT2D eigenvalue weighted by Gasteiger charge is -2.42. The zero-order valence-corrected chi connectivity index (χ0v) is 13.6. The summed E-state index contributed by atoms with van der Waals surface area (Å²) in [6.07, 6.45) is 2.57. The minimum absolute atomic E-state index is 0.0747. The van der Waals surface area contributed by atoms with Gasteiger partial charge in [-0.05, 0) is 31.7 Å². The average molecular weight is 299 g/mol. The normalized spacial score (nSPS) is 22.8. The summed E-state index contributed by atoms with van der Waals surface area (Å²) < 4.78 is 0. The van der Waals surface area contributed by atoms with Gasteiger partial charge in [0.15, 0.2) is 0 Å². The fourth-order valence-electron chi connectivity index (χ4n) is 2.81. The molecule has 1 atom stereocenters. The Morgan fingerprint density at radius 2 is 1.90 bits per heavy atom. The summed E-state index contributed by atoms with van der Waals surface area (Å²) in [6, 6.07) is 0.506. The number of rotatable bonds is 8. The molecule has 0 aromatic rings. The number of hydrogen-bond donors (Lipinski definition) is 3. The zero-order chi connectivity index (χ0) is 16.0. The van der Waals surface area contributed by atoms with Crippen molar-refractivity contribution in [1.29, 1.82) is 0 Å². The SMILES string of the molecule is CCC(NC(=O)NC1CC(N(CC)CC(=O)O)C1)C(C)C. The summed E-state index contributed by atoms with van der Waals surface area (Å²) in [6.45, 7) is 9.02. The first-order valence-corrected chi connectivity index (χ1v) is 7.90. The molecule has 1 unspecified atom stereocenters. The van der Waals surface area contributed by atoms with Gasteiger partial charge in [-0.15, -0.1) is 0 Å². The van der Waals surface area contributed by atoms with E-state index in [1.54, 1.807) is 0 Å². The van der Waals surface area contributed by atoms with Gasteiger partial charge in [0.2, 0.25) is 0 Å². The van der Waals surface area contributed by atoms with Crippen LogP contribution in [0.2, 0.25) is 0 Å². The maximum absolute atomic E-state index is 11.9. The van der Waals surface area contributed by atoms with E-state index in [1.165, 1.54) is 0 Å². The molecule has 21 heavy (non-hydrogen) atoms. The Morgan fingerprint density at radius 1 is 1.29 bits per heavy atom. The summed E-state index contributed by atoms with van der Waals surface area (Å²) >= 11 is 0. The lowest BCUT2D eigenvalue weighted by molar-refractivity contribution is -0.139. The fraction of sp³-hybridized carbons (Fsp3) is 0.867. The summed E-state index contributed by atoms with van der Waals surface area (Å²) in [7, 11) is 0. The lowest BCUT2D eigenvalue weighted by Crippen LogP contribution is -2.57. The molecule has 122 valence electrons. The number of nitrogens with one attached hydrogen (secondary N) is 2. The molecule has 0 spiro atoms. The average Bonchev–Trinajstić information content (AvgIpc) is 2.36. The van der Waals surface area contributed by atoms with Crippen LogP contribution in [0.1, 0.15) is 47.0 Å². The van der Waals surface area contributed by atoms with Crippen molar-refractivity contribution in [2.45, 2.75) is 65.1 Å². The van der Waals surface area contributed by atoms with Crippen molar-refractivity contribution in [2.24, 2.45) is 5.92 Å². The molecular formula is C15H29N3O3. The standard InChI is InChI=1S/C15H29N3O3/c1-5-13(10(3)4)17-15(21)16-11-7-12(8-11)18(6-2)9-14(19)20/h10-13H,5-9H2,1-4H3,(H,19,20)(H2,16,17,21). The van der Waals surface area contributed by atoms with Crippen LogP contribution in [-0.2, 0) is 4.79 Å². The molecule has 0 aromatic carbocycles. The van der Waals surface area contributed by atoms with Gasteiger partial charge >= 0.3 is 12.0 Å². The maximum atomic E-state index is 11.9. The van der Waals surface area contributed by atoms with Gasteiger partial charge in [-0.3, -0.25) is 9.69 Å². The van der Waals surface area contributed by atoms with E-state index >= 15 is 0 Å². The molecule has 1 rings (SSSR count). The van der Waals surface area contributed by atoms with Gasteiger partial charge < -0.3 is 15.7 Å². The van der Waals surface area contributed by atoms with Crippen molar-refractivity contribution >= 4 is 12.0 Å². The third-order valence-electron chi connectivity index (χ3n) is 4.27. The van der Waals surface area contributed by atoms with Gasteiger partial charge in [-0.25, -0.2) is 4.79 Å². The summed E-state index contributed by atoms with van der Waals surface area (Å²) in [5, 5.41) is 14.8. The lowest BCUT2D eigenvalue weighted by atomic mass is 9.85. The van der Waals surface area contributed by atoms with E-state index < -0.39 is 5.97 Å². The van der Waals surface area contributed by atoms with Crippen molar-refractivity contribution in [3.05, 3.63) is 0 Å². The molecule has 2 amide bonds. The van der Waals surface area contributed by atoms with Gasteiger partial charge in [0.05, 0.1) is 6.54 Å². The number of carbonyl (C=O) groups is 2. The first kappa shape index (κ1) is 17.8. The van der Waals surface area contributed by atoms with E-state index in [1.807, 2.05) is 11.8 Å². The Kier molecular flexibility index (Phi) is 6.95. The van der Waals surface area contributed by atoms with E-state index in [2.05, 4.69) is 31.4 Å². The highest BCUT2D eigenvalue weighted by atomic mass is 16.4. The molecule has 1 saturated carbocycles. The molecule has 6 heteroatoms. The van der Waals surface area contributed by atoms with Crippen molar-refractivity contribution in [2.75, 3.05) is 13.1 Å². The van der Waals surface area contributed by atoms with Crippen molar-refractivity contribution in [3.63, 3.8) is 0 Å². The molecule has 0 aliphatic heterocycles. The van der Waals surface area contributed by atoms with E-state index in [0.29, 0.717) is 5.92 Å². The number of likely N-dealkylation sites (N-methyl/N-ethyl adjacent to an activating group) is 1. The molecule has 3 N–H and O–H groups in total. The number of nitrogens with zero attached hydrogens (tertiary/aromatic N) is 1. The Hall–Kier alpha value is -1.30. The largest absolute Gasteiger partial charge is 0.480 e. The fourth-order valence-corrected chi connectivity index (χ4v) is 2.81. The number of amides is 2. The third kappa shape index (κ3) is 5.53. The van der Waals surface area contributed by atoms with Crippen LogP contribution < -0.4 is 10.6 Å². The van der Waals surface area contributed by atoms with Crippen molar-refractivity contribution in [1.82, 2.24) is 15.5 Å². The first-order valence-electron chi connectivity index (χ1n) is 7.90. The summed E-state index contributed by atoms with van der Waals surface area (Å²) in [5.41, 5.74) is 0. The summed E-state index contributed by atoms with van der Waals surface area (Å²) in [5.74, 6) is -0.380. The van der Waals surface area contributed by atoms with E-state index in [9.17, 15) is 9.59 Å². The van der Waals surface area contributed by atoms with E-state index in [0.717, 1.165) is 25.8 Å². The van der Waals surface area contributed by atoms with Crippen LogP contribution in [0, 0.1) is 5.92 Å². The quantitative estimate of drug-likeness (QED) is 0.636. The van der Waals surface area contributed by atoms with Gasteiger partial charge in [-0.2, -0.15) is 0 Å². The highest BCUT2D eigenvalue weighted by Crippen LogP contribution is 2.25. The Labute approximate surface area is 127 Å². The minimum Gasteiger partial charge on any atom is -0.480 e. The van der Waals surface area contributed by atoms with Gasteiger partial charge in [0, 0.05) is 18.1 Å². The monoisotopic (exact) mass is 299 g/mol. The molecule has 1 aliphatic carbocycles. The maximum Gasteiger partial charge on any atom is 0.317 e. The molecule has 1 aliphatic rings. The number of hydrogen-bond acceptors (Lipinski definition) is 3. The number of urea groups is 1.